The fraction of sp³-hybridized carbons (Fsp3) is 1.00. The first-order chi connectivity index (χ1) is 6.69. The van der Waals surface area contributed by atoms with Gasteiger partial charge in [0.05, 0.1) is 0 Å². The summed E-state index contributed by atoms with van der Waals surface area (Å²) in [5, 5.41) is -1.86. The molecule has 0 atom stereocenters. The van der Waals surface area contributed by atoms with E-state index in [9.17, 15) is 9.13 Å². The highest BCUT2D eigenvalue weighted by atomic mass is 32.1. The molecular weight excluding hydrogens is 262 g/mol. The van der Waals surface area contributed by atoms with E-state index in [0.717, 1.165) is 6.42 Å². The first-order valence-corrected chi connectivity index (χ1v) is 8.40. The number of unbranched alkanes of at least 4 members (excludes halogenated alkanes) is 2. The molecule has 0 spiro atoms. The third-order valence-electron chi connectivity index (χ3n) is 1.90. The van der Waals surface area contributed by atoms with E-state index in [1.807, 2.05) is 0 Å². The van der Waals surface area contributed by atoms with Crippen LogP contribution < -0.4 is 0 Å². The van der Waals surface area contributed by atoms with Crippen molar-refractivity contribution >= 4 is 27.8 Å². The Balaban J connectivity index is 4.30. The molecule has 6 nitrogen and oxygen atoms in total. The Morgan fingerprint density at radius 1 is 0.933 bits per heavy atom. The number of thiol groups is 1. The van der Waals surface area contributed by atoms with Crippen LogP contribution >= 0.6 is 27.8 Å². The average Bonchev–Trinajstić information content (AvgIpc) is 1.99. The Kier molecular flexibility index (Phi) is 6.68. The van der Waals surface area contributed by atoms with E-state index >= 15 is 0 Å². The van der Waals surface area contributed by atoms with Gasteiger partial charge in [0, 0.05) is 0 Å². The van der Waals surface area contributed by atoms with Gasteiger partial charge in [0.25, 0.3) is 0 Å². The normalized spacial score (nSPS) is 13.5. The maximum Gasteiger partial charge on any atom is 0.340 e. The molecule has 0 rings (SSSR count). The van der Waals surface area contributed by atoms with Crippen molar-refractivity contribution in [3.8, 4) is 0 Å². The summed E-state index contributed by atoms with van der Waals surface area (Å²) < 4.78 is 21.7. The Bertz CT molecular complexity index is 249. The molecule has 0 saturated heterocycles. The second kappa shape index (κ2) is 6.40. The minimum Gasteiger partial charge on any atom is -0.324 e. The van der Waals surface area contributed by atoms with Crippen LogP contribution in [0.3, 0.4) is 0 Å². The van der Waals surface area contributed by atoms with Crippen molar-refractivity contribution in [3.63, 3.8) is 0 Å². The molecule has 0 aromatic rings. The third-order valence-corrected chi connectivity index (χ3v) is 6.09. The molecule has 9 heteroatoms. The molecule has 15 heavy (non-hydrogen) atoms. The van der Waals surface area contributed by atoms with Crippen LogP contribution in [0.5, 0.6) is 0 Å². The first-order valence-electron chi connectivity index (χ1n) is 4.41. The molecule has 0 amide bonds. The highest BCUT2D eigenvalue weighted by Gasteiger charge is 2.42. The van der Waals surface area contributed by atoms with Crippen molar-refractivity contribution in [1.82, 2.24) is 0 Å². The topological polar surface area (TPSA) is 115 Å². The lowest BCUT2D eigenvalue weighted by atomic mass is 10.2. The lowest BCUT2D eigenvalue weighted by molar-refractivity contribution is 0.334. The largest absolute Gasteiger partial charge is 0.340 e. The van der Waals surface area contributed by atoms with Crippen LogP contribution in [0, 0.1) is 0 Å². The van der Waals surface area contributed by atoms with Crippen molar-refractivity contribution in [3.05, 3.63) is 0 Å². The van der Waals surface area contributed by atoms with Crippen LogP contribution in [-0.2, 0) is 9.13 Å². The molecule has 0 unspecified atom stereocenters. The highest BCUT2D eigenvalue weighted by Crippen LogP contribution is 2.61. The van der Waals surface area contributed by atoms with E-state index < -0.39 is 20.6 Å². The summed E-state index contributed by atoms with van der Waals surface area (Å²) in [7, 11) is -9.46. The summed E-state index contributed by atoms with van der Waals surface area (Å²) in [5.41, 5.74) is 0. The minimum atomic E-state index is -4.73. The first kappa shape index (κ1) is 15.7. The molecule has 0 heterocycles. The lowest BCUT2D eigenvalue weighted by Crippen LogP contribution is -2.09. The van der Waals surface area contributed by atoms with E-state index in [2.05, 4.69) is 12.6 Å². The molecule has 0 radical (unpaired) electrons. The zero-order chi connectivity index (χ0) is 12.1. The van der Waals surface area contributed by atoms with Crippen molar-refractivity contribution in [1.29, 1.82) is 0 Å². The quantitative estimate of drug-likeness (QED) is 0.271. The number of hydrogen-bond donors (Lipinski definition) is 5. The minimum absolute atomic E-state index is 0.164. The van der Waals surface area contributed by atoms with E-state index in [1.54, 1.807) is 0 Å². The summed E-state index contributed by atoms with van der Waals surface area (Å²) in [6.45, 7) is 0. The average molecular weight is 278 g/mol. The van der Waals surface area contributed by atoms with Crippen LogP contribution in [0.1, 0.15) is 25.7 Å². The smallest absolute Gasteiger partial charge is 0.324 e. The van der Waals surface area contributed by atoms with Gasteiger partial charge in [-0.15, -0.1) is 0 Å². The van der Waals surface area contributed by atoms with Crippen LogP contribution in [0.4, 0.5) is 0 Å². The van der Waals surface area contributed by atoms with Gasteiger partial charge in [0.1, 0.15) is 0 Å². The van der Waals surface area contributed by atoms with Crippen LogP contribution in [0.2, 0.25) is 0 Å². The third kappa shape index (κ3) is 6.74. The predicted octanol–water partition coefficient (Wildman–Crippen LogP) is 1.16. The second-order valence-corrected chi connectivity index (χ2v) is 7.69. The van der Waals surface area contributed by atoms with Gasteiger partial charge in [-0.3, -0.25) is 9.13 Å². The van der Waals surface area contributed by atoms with Gasteiger partial charge in [-0.2, -0.15) is 12.6 Å². The van der Waals surface area contributed by atoms with E-state index in [-0.39, 0.29) is 6.42 Å². The van der Waals surface area contributed by atoms with Gasteiger partial charge in [-0.25, -0.2) is 0 Å². The summed E-state index contributed by atoms with van der Waals surface area (Å²) in [6.07, 6.45) is 1.63. The molecule has 0 aromatic heterocycles. The Morgan fingerprint density at radius 2 is 1.40 bits per heavy atom. The SMILES string of the molecule is O=P(O)(O)C(CCCCCS)P(=O)(O)O. The standard InChI is InChI=1S/C6H16O6P2S/c7-13(8,9)6(14(10,11)12)4-2-1-3-5-15/h6,15H,1-5H2,(H2,7,8,9)(H2,10,11,12). The maximum atomic E-state index is 10.8. The molecule has 4 N–H and O–H groups in total. The van der Waals surface area contributed by atoms with Gasteiger partial charge < -0.3 is 19.6 Å². The predicted molar refractivity (Wildman–Crippen MR) is 60.2 cm³/mol. The van der Waals surface area contributed by atoms with Gasteiger partial charge >= 0.3 is 15.2 Å². The summed E-state index contributed by atoms with van der Waals surface area (Å²) in [4.78, 5) is 35.1. The zero-order valence-electron chi connectivity index (χ0n) is 8.06. The van der Waals surface area contributed by atoms with E-state index in [0.29, 0.717) is 18.6 Å². The molecule has 0 bridgehead atoms. The van der Waals surface area contributed by atoms with Crippen LogP contribution in [0.15, 0.2) is 0 Å². The summed E-state index contributed by atoms with van der Waals surface area (Å²) in [5.74, 6) is 0.649. The second-order valence-electron chi connectivity index (χ2n) is 3.23. The fourth-order valence-electron chi connectivity index (χ4n) is 1.15. The van der Waals surface area contributed by atoms with Crippen LogP contribution in [0.25, 0.3) is 0 Å². The molecular formula is C6H16O6P2S. The Hall–Kier alpha value is 0.650. The zero-order valence-corrected chi connectivity index (χ0v) is 10.7. The van der Waals surface area contributed by atoms with Gasteiger partial charge in [0.2, 0.25) is 0 Å². The van der Waals surface area contributed by atoms with Crippen molar-refractivity contribution in [2.75, 3.05) is 5.75 Å². The molecule has 0 fully saturated rings. The van der Waals surface area contributed by atoms with Crippen molar-refractivity contribution in [2.45, 2.75) is 31.1 Å². The lowest BCUT2D eigenvalue weighted by Gasteiger charge is -2.19. The summed E-state index contributed by atoms with van der Waals surface area (Å²) in [6, 6.07) is 0. The molecule has 0 aliphatic rings. The fourth-order valence-corrected chi connectivity index (χ4v) is 3.98. The highest BCUT2D eigenvalue weighted by molar-refractivity contribution is 7.80. The van der Waals surface area contributed by atoms with Crippen molar-refractivity contribution in [2.24, 2.45) is 0 Å². The van der Waals surface area contributed by atoms with Crippen molar-refractivity contribution < 1.29 is 28.7 Å². The van der Waals surface area contributed by atoms with Gasteiger partial charge in [0.15, 0.2) is 5.40 Å². The number of rotatable bonds is 7. The molecule has 0 aliphatic heterocycles. The van der Waals surface area contributed by atoms with E-state index in [4.69, 9.17) is 19.6 Å². The molecule has 0 aliphatic carbocycles. The molecule has 0 aromatic carbocycles. The van der Waals surface area contributed by atoms with Crippen LogP contribution in [-0.4, -0.2) is 30.7 Å². The summed E-state index contributed by atoms with van der Waals surface area (Å²) >= 11 is 3.95. The van der Waals surface area contributed by atoms with E-state index in [1.165, 1.54) is 0 Å². The Morgan fingerprint density at radius 3 is 1.73 bits per heavy atom. The monoisotopic (exact) mass is 278 g/mol. The Labute approximate surface area is 93.8 Å². The number of hydrogen-bond acceptors (Lipinski definition) is 3. The van der Waals surface area contributed by atoms with Gasteiger partial charge in [-0.05, 0) is 18.6 Å². The van der Waals surface area contributed by atoms with Gasteiger partial charge in [-0.1, -0.05) is 12.8 Å². The molecule has 92 valence electrons. The maximum absolute atomic E-state index is 10.8. The molecule has 0 saturated carbocycles.